The van der Waals surface area contributed by atoms with Crippen molar-refractivity contribution < 1.29 is 24.6 Å². The highest BCUT2D eigenvalue weighted by molar-refractivity contribution is 7.98. The summed E-state index contributed by atoms with van der Waals surface area (Å²) in [6, 6.07) is -0.769. The summed E-state index contributed by atoms with van der Waals surface area (Å²) in [5.41, 5.74) is 4.16. The van der Waals surface area contributed by atoms with Crippen LogP contribution in [-0.4, -0.2) is 51.6 Å². The number of carboxylic acid groups (broad SMARTS) is 2. The summed E-state index contributed by atoms with van der Waals surface area (Å²) in [7, 11) is 0. The van der Waals surface area contributed by atoms with Crippen LogP contribution in [0.5, 0.6) is 0 Å². The number of aliphatic carboxylic acids is 2. The molecule has 0 heterocycles. The molecule has 0 aromatic carbocycles. The molecule has 3 aliphatic carbocycles. The second-order valence-corrected chi connectivity index (χ2v) is 8.09. The Kier molecular flexibility index (Phi) is 3.87. The molecule has 23 heavy (non-hydrogen) atoms. The number of hydrogen-bond donors (Lipinski definition) is 4. The predicted octanol–water partition coefficient (Wildman–Crippen LogP) is 0.137. The highest BCUT2D eigenvalue weighted by Gasteiger charge is 2.82. The molecule has 1 amide bonds. The van der Waals surface area contributed by atoms with E-state index in [9.17, 15) is 24.6 Å². The Hall–Kier alpha value is -1.28. The molecule has 7 nitrogen and oxygen atoms in total. The Labute approximate surface area is 138 Å². The number of rotatable bonds is 7. The molecule has 0 radical (unpaired) electrons. The number of carbonyl (C=O) groups excluding carboxylic acids is 1. The Morgan fingerprint density at radius 2 is 1.96 bits per heavy atom. The summed E-state index contributed by atoms with van der Waals surface area (Å²) in [6.07, 6.45) is 4.39. The Bertz CT molecular complexity index is 564. The minimum Gasteiger partial charge on any atom is -0.481 e. The summed E-state index contributed by atoms with van der Waals surface area (Å²) in [6.45, 7) is 0. The molecular formula is C15H22N2O5S. The summed E-state index contributed by atoms with van der Waals surface area (Å²) in [5, 5.41) is 21.8. The molecule has 5 atom stereocenters. The number of hydrogen-bond acceptors (Lipinski definition) is 5. The summed E-state index contributed by atoms with van der Waals surface area (Å²) in [4.78, 5) is 35.7. The van der Waals surface area contributed by atoms with Crippen molar-refractivity contribution in [2.75, 3.05) is 12.0 Å². The lowest BCUT2D eigenvalue weighted by Crippen LogP contribution is -2.59. The van der Waals surface area contributed by atoms with Crippen molar-refractivity contribution in [1.29, 1.82) is 0 Å². The summed E-state index contributed by atoms with van der Waals surface area (Å²) >= 11 is 1.56. The van der Waals surface area contributed by atoms with Gasteiger partial charge in [-0.2, -0.15) is 11.8 Å². The standard InChI is InChI=1S/C15H22N2O5S/c1-23-5-2-7(16)11(18)17-15(13(21)22)6-14(3-4-14)9-8(10(9)15)12(19)20/h7-10H,2-6,16H2,1H3,(H,17,18)(H,19,20)(H,21,22)/t7-,8-,9-,10+,15-/m0/s1. The smallest absolute Gasteiger partial charge is 0.329 e. The third-order valence-corrected chi connectivity index (χ3v) is 6.45. The van der Waals surface area contributed by atoms with Crippen molar-refractivity contribution in [3.05, 3.63) is 0 Å². The van der Waals surface area contributed by atoms with E-state index in [1.54, 1.807) is 11.8 Å². The molecule has 3 rings (SSSR count). The molecule has 3 saturated carbocycles. The van der Waals surface area contributed by atoms with Crippen molar-refractivity contribution in [2.24, 2.45) is 28.9 Å². The largest absolute Gasteiger partial charge is 0.481 e. The van der Waals surface area contributed by atoms with Crippen LogP contribution in [0.3, 0.4) is 0 Å². The van der Waals surface area contributed by atoms with Crippen LogP contribution in [0.25, 0.3) is 0 Å². The maximum absolute atomic E-state index is 12.3. The average Bonchev–Trinajstić information content (AvgIpc) is 3.35. The zero-order valence-electron chi connectivity index (χ0n) is 12.9. The lowest BCUT2D eigenvalue weighted by atomic mass is 9.84. The average molecular weight is 342 g/mol. The fraction of sp³-hybridized carbons (Fsp3) is 0.800. The van der Waals surface area contributed by atoms with Gasteiger partial charge in [0.2, 0.25) is 5.91 Å². The third-order valence-electron chi connectivity index (χ3n) is 5.80. The van der Waals surface area contributed by atoms with Crippen LogP contribution < -0.4 is 11.1 Å². The number of carboxylic acids is 2. The molecule has 5 N–H and O–H groups in total. The van der Waals surface area contributed by atoms with E-state index in [0.717, 1.165) is 12.8 Å². The fourth-order valence-corrected chi connectivity index (χ4v) is 5.03. The SMILES string of the molecule is CSCC[C@H](N)C(=O)N[C@@]1(C(=O)O)CC2(CC2)[C@H]2[C@H](C(=O)O)[C@H]21. The van der Waals surface area contributed by atoms with E-state index in [0.29, 0.717) is 18.6 Å². The van der Waals surface area contributed by atoms with Crippen LogP contribution in [-0.2, 0) is 14.4 Å². The van der Waals surface area contributed by atoms with Crippen LogP contribution in [0.1, 0.15) is 25.7 Å². The van der Waals surface area contributed by atoms with Gasteiger partial charge in [0.05, 0.1) is 12.0 Å². The fourth-order valence-electron chi connectivity index (χ4n) is 4.54. The Balaban J connectivity index is 1.80. The van der Waals surface area contributed by atoms with Crippen LogP contribution in [0.15, 0.2) is 0 Å². The number of nitrogens with two attached hydrogens (primary N) is 1. The van der Waals surface area contributed by atoms with Gasteiger partial charge in [-0.3, -0.25) is 9.59 Å². The zero-order valence-corrected chi connectivity index (χ0v) is 13.8. The first kappa shape index (κ1) is 16.6. The lowest BCUT2D eigenvalue weighted by Gasteiger charge is -2.31. The molecule has 0 bridgehead atoms. The van der Waals surface area contributed by atoms with E-state index < -0.39 is 41.3 Å². The Morgan fingerprint density at radius 3 is 2.43 bits per heavy atom. The van der Waals surface area contributed by atoms with Gasteiger partial charge in [-0.15, -0.1) is 0 Å². The van der Waals surface area contributed by atoms with E-state index in [2.05, 4.69) is 5.32 Å². The first-order valence-electron chi connectivity index (χ1n) is 7.82. The van der Waals surface area contributed by atoms with E-state index in [1.165, 1.54) is 0 Å². The van der Waals surface area contributed by atoms with E-state index in [4.69, 9.17) is 5.73 Å². The van der Waals surface area contributed by atoms with Gasteiger partial charge in [0, 0.05) is 5.92 Å². The van der Waals surface area contributed by atoms with Gasteiger partial charge in [-0.25, -0.2) is 4.79 Å². The van der Waals surface area contributed by atoms with Crippen LogP contribution in [0.4, 0.5) is 0 Å². The molecule has 0 aliphatic heterocycles. The molecule has 3 fully saturated rings. The lowest BCUT2D eigenvalue weighted by molar-refractivity contribution is -0.150. The number of carbonyl (C=O) groups is 3. The van der Waals surface area contributed by atoms with Crippen molar-refractivity contribution in [3.8, 4) is 0 Å². The first-order valence-corrected chi connectivity index (χ1v) is 9.21. The van der Waals surface area contributed by atoms with Crippen molar-refractivity contribution in [3.63, 3.8) is 0 Å². The van der Waals surface area contributed by atoms with E-state index >= 15 is 0 Å². The van der Waals surface area contributed by atoms with Gasteiger partial charge < -0.3 is 21.3 Å². The quantitative estimate of drug-likeness (QED) is 0.517. The predicted molar refractivity (Wildman–Crippen MR) is 83.9 cm³/mol. The number of thioether (sulfide) groups is 1. The van der Waals surface area contributed by atoms with Gasteiger partial charge in [0.25, 0.3) is 0 Å². The molecular weight excluding hydrogens is 320 g/mol. The van der Waals surface area contributed by atoms with Gasteiger partial charge in [-0.1, -0.05) is 0 Å². The molecule has 0 aromatic rings. The second-order valence-electron chi connectivity index (χ2n) is 7.11. The third kappa shape index (κ3) is 2.42. The van der Waals surface area contributed by atoms with Crippen LogP contribution >= 0.6 is 11.8 Å². The van der Waals surface area contributed by atoms with E-state index in [1.807, 2.05) is 6.26 Å². The molecule has 0 saturated heterocycles. The number of amides is 1. The van der Waals surface area contributed by atoms with E-state index in [-0.39, 0.29) is 11.3 Å². The molecule has 8 heteroatoms. The van der Waals surface area contributed by atoms with Gasteiger partial charge in [0.1, 0.15) is 5.54 Å². The van der Waals surface area contributed by atoms with Crippen LogP contribution in [0.2, 0.25) is 0 Å². The monoisotopic (exact) mass is 342 g/mol. The number of nitrogens with one attached hydrogen (secondary N) is 1. The Morgan fingerprint density at radius 1 is 1.30 bits per heavy atom. The second kappa shape index (κ2) is 5.37. The maximum atomic E-state index is 12.3. The number of fused-ring (bicyclic) bond motifs is 2. The molecule has 128 valence electrons. The maximum Gasteiger partial charge on any atom is 0.329 e. The topological polar surface area (TPSA) is 130 Å². The normalized spacial score (nSPS) is 37.0. The minimum atomic E-state index is -1.47. The zero-order chi connectivity index (χ0) is 17.0. The van der Waals surface area contributed by atoms with Crippen molar-refractivity contribution in [1.82, 2.24) is 5.32 Å². The highest BCUT2D eigenvalue weighted by Crippen LogP contribution is 2.78. The van der Waals surface area contributed by atoms with Gasteiger partial charge in [0.15, 0.2) is 0 Å². The van der Waals surface area contributed by atoms with Crippen molar-refractivity contribution in [2.45, 2.75) is 37.3 Å². The van der Waals surface area contributed by atoms with Crippen molar-refractivity contribution >= 4 is 29.6 Å². The van der Waals surface area contributed by atoms with Gasteiger partial charge in [-0.05, 0) is 49.0 Å². The summed E-state index contributed by atoms with van der Waals surface area (Å²) < 4.78 is 0. The molecule has 3 aliphatic rings. The molecule has 1 spiro atoms. The molecule has 0 unspecified atom stereocenters. The van der Waals surface area contributed by atoms with Gasteiger partial charge >= 0.3 is 11.9 Å². The first-order chi connectivity index (χ1) is 10.8. The summed E-state index contributed by atoms with van der Waals surface area (Å²) in [5.74, 6) is -3.18. The minimum absolute atomic E-state index is 0.126. The van der Waals surface area contributed by atoms with Crippen LogP contribution in [0, 0.1) is 23.2 Å². The highest BCUT2D eigenvalue weighted by atomic mass is 32.2. The molecule has 0 aromatic heterocycles.